The first kappa shape index (κ1) is 14.5. The van der Waals surface area contributed by atoms with Crippen molar-refractivity contribution in [3.63, 3.8) is 0 Å². The Morgan fingerprint density at radius 3 is 3.00 bits per heavy atom. The third-order valence-corrected chi connectivity index (χ3v) is 3.61. The number of anilines is 2. The summed E-state index contributed by atoms with van der Waals surface area (Å²) in [6.07, 6.45) is 2.33. The van der Waals surface area contributed by atoms with Crippen molar-refractivity contribution >= 4 is 17.3 Å². The maximum absolute atomic E-state index is 11.0. The number of piperidine rings is 1. The third kappa shape index (κ3) is 3.57. The minimum Gasteiger partial charge on any atom is -0.373 e. The number of aromatic nitrogens is 1. The van der Waals surface area contributed by atoms with Gasteiger partial charge in [-0.05, 0) is 38.4 Å². The molecule has 1 aromatic heterocycles. The SMILES string of the molecule is CNc1ccc([N+](=O)[O-])c(NCC2CCCN(C)C2)n1. The van der Waals surface area contributed by atoms with Gasteiger partial charge in [-0.1, -0.05) is 0 Å². The number of hydrogen-bond donors (Lipinski definition) is 2. The molecule has 2 rings (SSSR count). The summed E-state index contributed by atoms with van der Waals surface area (Å²) in [5.74, 6) is 1.47. The van der Waals surface area contributed by atoms with E-state index in [0.717, 1.165) is 19.5 Å². The van der Waals surface area contributed by atoms with Crippen LogP contribution in [0.4, 0.5) is 17.3 Å². The van der Waals surface area contributed by atoms with E-state index < -0.39 is 4.92 Å². The highest BCUT2D eigenvalue weighted by molar-refractivity contribution is 5.60. The van der Waals surface area contributed by atoms with E-state index >= 15 is 0 Å². The van der Waals surface area contributed by atoms with E-state index in [1.54, 1.807) is 13.1 Å². The van der Waals surface area contributed by atoms with Crippen LogP contribution >= 0.6 is 0 Å². The summed E-state index contributed by atoms with van der Waals surface area (Å²) in [5, 5.41) is 17.1. The maximum atomic E-state index is 11.0. The molecule has 1 aromatic rings. The zero-order valence-corrected chi connectivity index (χ0v) is 11.9. The number of hydrogen-bond acceptors (Lipinski definition) is 6. The number of nitrogens with one attached hydrogen (secondary N) is 2. The van der Waals surface area contributed by atoms with Crippen LogP contribution in [-0.2, 0) is 0 Å². The third-order valence-electron chi connectivity index (χ3n) is 3.61. The Morgan fingerprint density at radius 1 is 1.55 bits per heavy atom. The molecular formula is C13H21N5O2. The van der Waals surface area contributed by atoms with Gasteiger partial charge in [-0.3, -0.25) is 10.1 Å². The van der Waals surface area contributed by atoms with Gasteiger partial charge in [0.25, 0.3) is 0 Å². The molecule has 0 saturated carbocycles. The molecule has 2 heterocycles. The second-order valence-corrected chi connectivity index (χ2v) is 5.22. The van der Waals surface area contributed by atoms with Gasteiger partial charge in [-0.2, -0.15) is 0 Å². The first-order chi connectivity index (χ1) is 9.60. The van der Waals surface area contributed by atoms with Gasteiger partial charge in [0.1, 0.15) is 5.82 Å². The van der Waals surface area contributed by atoms with E-state index in [0.29, 0.717) is 24.1 Å². The van der Waals surface area contributed by atoms with Crippen molar-refractivity contribution in [3.8, 4) is 0 Å². The smallest absolute Gasteiger partial charge is 0.311 e. The van der Waals surface area contributed by atoms with Gasteiger partial charge in [0.2, 0.25) is 5.82 Å². The monoisotopic (exact) mass is 279 g/mol. The molecule has 0 radical (unpaired) electrons. The van der Waals surface area contributed by atoms with Crippen LogP contribution in [0.1, 0.15) is 12.8 Å². The summed E-state index contributed by atoms with van der Waals surface area (Å²) in [5.41, 5.74) is 0.0214. The lowest BCUT2D eigenvalue weighted by Gasteiger charge is -2.29. The predicted octanol–water partition coefficient (Wildman–Crippen LogP) is 1.79. The second-order valence-electron chi connectivity index (χ2n) is 5.22. The molecule has 1 saturated heterocycles. The van der Waals surface area contributed by atoms with Crippen molar-refractivity contribution in [1.29, 1.82) is 0 Å². The molecule has 1 fully saturated rings. The molecule has 1 atom stereocenters. The van der Waals surface area contributed by atoms with Crippen molar-refractivity contribution in [2.75, 3.05) is 44.4 Å². The summed E-state index contributed by atoms with van der Waals surface area (Å²) >= 11 is 0. The first-order valence-electron chi connectivity index (χ1n) is 6.85. The van der Waals surface area contributed by atoms with Crippen molar-refractivity contribution < 1.29 is 4.92 Å². The van der Waals surface area contributed by atoms with Crippen LogP contribution in [0.15, 0.2) is 12.1 Å². The normalized spacial score (nSPS) is 19.6. The minimum absolute atomic E-state index is 0.0214. The largest absolute Gasteiger partial charge is 0.373 e. The van der Waals surface area contributed by atoms with Crippen molar-refractivity contribution in [3.05, 3.63) is 22.2 Å². The van der Waals surface area contributed by atoms with E-state index in [9.17, 15) is 10.1 Å². The number of nitrogens with zero attached hydrogens (tertiary/aromatic N) is 3. The van der Waals surface area contributed by atoms with E-state index in [-0.39, 0.29) is 5.69 Å². The number of nitro groups is 1. The summed E-state index contributed by atoms with van der Waals surface area (Å²) in [6.45, 7) is 2.86. The van der Waals surface area contributed by atoms with Crippen LogP contribution in [0.5, 0.6) is 0 Å². The molecule has 1 aliphatic heterocycles. The van der Waals surface area contributed by atoms with E-state index in [4.69, 9.17) is 0 Å². The molecule has 7 nitrogen and oxygen atoms in total. The summed E-state index contributed by atoms with van der Waals surface area (Å²) < 4.78 is 0. The van der Waals surface area contributed by atoms with Crippen molar-refractivity contribution in [2.24, 2.45) is 5.92 Å². The lowest BCUT2D eigenvalue weighted by atomic mass is 9.98. The molecule has 2 N–H and O–H groups in total. The summed E-state index contributed by atoms with van der Waals surface area (Å²) in [6, 6.07) is 3.09. The molecular weight excluding hydrogens is 258 g/mol. The Hall–Kier alpha value is -1.89. The van der Waals surface area contributed by atoms with E-state index in [2.05, 4.69) is 27.6 Å². The Kier molecular flexibility index (Phi) is 4.73. The highest BCUT2D eigenvalue weighted by Crippen LogP contribution is 2.25. The lowest BCUT2D eigenvalue weighted by molar-refractivity contribution is -0.384. The molecule has 0 bridgehead atoms. The van der Waals surface area contributed by atoms with Crippen molar-refractivity contribution in [2.45, 2.75) is 12.8 Å². The van der Waals surface area contributed by atoms with Gasteiger partial charge in [0, 0.05) is 26.2 Å². The Morgan fingerprint density at radius 2 is 2.35 bits per heavy atom. The molecule has 110 valence electrons. The van der Waals surface area contributed by atoms with Gasteiger partial charge in [-0.25, -0.2) is 4.98 Å². The zero-order valence-electron chi connectivity index (χ0n) is 11.9. The second kappa shape index (κ2) is 6.51. The molecule has 0 amide bonds. The Labute approximate surface area is 118 Å². The summed E-state index contributed by atoms with van der Waals surface area (Å²) in [7, 11) is 3.85. The molecule has 1 unspecified atom stereocenters. The van der Waals surface area contributed by atoms with Crippen LogP contribution in [0.3, 0.4) is 0 Å². The lowest BCUT2D eigenvalue weighted by Crippen LogP contribution is -2.35. The fourth-order valence-corrected chi connectivity index (χ4v) is 2.55. The summed E-state index contributed by atoms with van der Waals surface area (Å²) in [4.78, 5) is 17.2. The quantitative estimate of drug-likeness (QED) is 0.631. The molecule has 0 spiro atoms. The molecule has 0 aliphatic carbocycles. The standard InChI is InChI=1S/C13H21N5O2/c1-14-12-6-5-11(18(19)20)13(16-12)15-8-10-4-3-7-17(2)9-10/h5-6,10H,3-4,7-9H2,1-2H3,(H2,14,15,16). The average Bonchev–Trinajstić information content (AvgIpc) is 2.44. The highest BCUT2D eigenvalue weighted by atomic mass is 16.6. The van der Waals surface area contributed by atoms with E-state index in [1.807, 2.05) is 0 Å². The number of pyridine rings is 1. The van der Waals surface area contributed by atoms with Gasteiger partial charge < -0.3 is 15.5 Å². The van der Waals surface area contributed by atoms with E-state index in [1.165, 1.54) is 12.5 Å². The van der Waals surface area contributed by atoms with Gasteiger partial charge in [0.15, 0.2) is 0 Å². The molecule has 20 heavy (non-hydrogen) atoms. The zero-order chi connectivity index (χ0) is 14.5. The topological polar surface area (TPSA) is 83.3 Å². The fourth-order valence-electron chi connectivity index (χ4n) is 2.55. The minimum atomic E-state index is -0.401. The first-order valence-corrected chi connectivity index (χ1v) is 6.85. The van der Waals surface area contributed by atoms with Gasteiger partial charge >= 0.3 is 5.69 Å². The predicted molar refractivity (Wildman–Crippen MR) is 79.1 cm³/mol. The van der Waals surface area contributed by atoms with Crippen LogP contribution < -0.4 is 10.6 Å². The van der Waals surface area contributed by atoms with Crippen LogP contribution in [0, 0.1) is 16.0 Å². The fraction of sp³-hybridized carbons (Fsp3) is 0.615. The average molecular weight is 279 g/mol. The molecule has 7 heteroatoms. The van der Waals surface area contributed by atoms with Gasteiger partial charge in [0.05, 0.1) is 4.92 Å². The highest BCUT2D eigenvalue weighted by Gasteiger charge is 2.20. The van der Waals surface area contributed by atoms with Crippen LogP contribution in [-0.4, -0.2) is 48.5 Å². The van der Waals surface area contributed by atoms with Crippen LogP contribution in [0.2, 0.25) is 0 Å². The number of rotatable bonds is 5. The van der Waals surface area contributed by atoms with Gasteiger partial charge in [-0.15, -0.1) is 0 Å². The Bertz CT molecular complexity index is 480. The van der Waals surface area contributed by atoms with Crippen molar-refractivity contribution in [1.82, 2.24) is 9.88 Å². The molecule has 1 aliphatic rings. The number of likely N-dealkylation sites (tertiary alicyclic amines) is 1. The molecule has 0 aromatic carbocycles. The maximum Gasteiger partial charge on any atom is 0.311 e. The Balaban J connectivity index is 2.05. The van der Waals surface area contributed by atoms with Crippen LogP contribution in [0.25, 0.3) is 0 Å².